The van der Waals surface area contributed by atoms with Crippen LogP contribution in [0, 0.1) is 5.82 Å². The number of carbonyl (C=O) groups excluding carboxylic acids is 1. The zero-order chi connectivity index (χ0) is 19.0. The predicted molar refractivity (Wildman–Crippen MR) is 88.4 cm³/mol. The molecule has 4 rings (SSSR count). The van der Waals surface area contributed by atoms with Gasteiger partial charge in [-0.2, -0.15) is 0 Å². The lowest BCUT2D eigenvalue weighted by molar-refractivity contribution is -0.0473. The smallest absolute Gasteiger partial charge is 0.317 e. The molecule has 1 N–H and O–H groups in total. The third-order valence-electron chi connectivity index (χ3n) is 5.20. The average molecular weight is 386 g/mol. The van der Waals surface area contributed by atoms with Gasteiger partial charge in [0.25, 0.3) is 5.92 Å². The fraction of sp³-hybridized carbons (Fsp3) is 0.611. The van der Waals surface area contributed by atoms with Crippen molar-refractivity contribution < 1.29 is 32.2 Å². The van der Waals surface area contributed by atoms with E-state index < -0.39 is 5.92 Å². The molecule has 6 nitrogen and oxygen atoms in total. The Balaban J connectivity index is 1.31. The number of likely N-dealkylation sites (tertiary alicyclic amines) is 1. The fourth-order valence-corrected chi connectivity index (χ4v) is 3.66. The lowest BCUT2D eigenvalue weighted by Gasteiger charge is -2.32. The highest BCUT2D eigenvalue weighted by atomic mass is 19.3. The van der Waals surface area contributed by atoms with Gasteiger partial charge in [-0.15, -0.1) is 0 Å². The van der Waals surface area contributed by atoms with Gasteiger partial charge in [0.15, 0.2) is 6.10 Å². The summed E-state index contributed by atoms with van der Waals surface area (Å²) in [7, 11) is 0. The highest BCUT2D eigenvalue weighted by Crippen LogP contribution is 2.31. The van der Waals surface area contributed by atoms with E-state index in [0.717, 1.165) is 0 Å². The van der Waals surface area contributed by atoms with E-state index in [1.54, 1.807) is 0 Å². The maximum absolute atomic E-state index is 13.2. The number of amides is 2. The van der Waals surface area contributed by atoms with Crippen molar-refractivity contribution >= 4 is 6.03 Å². The molecule has 0 radical (unpaired) electrons. The number of hydrogen-bond acceptors (Lipinski definition) is 4. The summed E-state index contributed by atoms with van der Waals surface area (Å²) < 4.78 is 56.8. The van der Waals surface area contributed by atoms with Crippen LogP contribution in [0.3, 0.4) is 0 Å². The Labute approximate surface area is 154 Å². The van der Waals surface area contributed by atoms with Crippen LogP contribution in [0.2, 0.25) is 0 Å². The largest absolute Gasteiger partial charge is 0.485 e. The van der Waals surface area contributed by atoms with Crippen LogP contribution in [0.25, 0.3) is 0 Å². The summed E-state index contributed by atoms with van der Waals surface area (Å²) in [6, 6.07) is 4.93. The van der Waals surface area contributed by atoms with E-state index in [1.807, 2.05) is 0 Å². The van der Waals surface area contributed by atoms with Crippen molar-refractivity contribution in [2.24, 2.45) is 0 Å². The number of ether oxygens (including phenoxy) is 3. The molecule has 0 spiro atoms. The standard InChI is InChI=1S/C18H21F3N2O4/c19-11-1-3-12(4-2-11)27-14-10-26-15-13(9-25-16(14)15)22-17(24)23-7-5-18(20,21)6-8-23/h1-4,13-16H,5-10H2,(H,22,24)/t13-,14-,15+,16+/m0/s1. The molecule has 3 heterocycles. The van der Waals surface area contributed by atoms with Gasteiger partial charge in [0, 0.05) is 25.9 Å². The summed E-state index contributed by atoms with van der Waals surface area (Å²) in [4.78, 5) is 13.7. The van der Waals surface area contributed by atoms with Gasteiger partial charge < -0.3 is 24.4 Å². The highest BCUT2D eigenvalue weighted by Gasteiger charge is 2.50. The number of nitrogens with one attached hydrogen (secondary N) is 1. The van der Waals surface area contributed by atoms with Crippen LogP contribution in [-0.4, -0.2) is 67.5 Å². The summed E-state index contributed by atoms with van der Waals surface area (Å²) in [5.74, 6) is -2.54. The lowest BCUT2D eigenvalue weighted by atomic mass is 10.1. The van der Waals surface area contributed by atoms with Crippen molar-refractivity contribution in [2.45, 2.75) is 43.1 Å². The quantitative estimate of drug-likeness (QED) is 0.865. The van der Waals surface area contributed by atoms with Gasteiger partial charge in [0.1, 0.15) is 23.8 Å². The molecule has 9 heteroatoms. The van der Waals surface area contributed by atoms with Gasteiger partial charge in [-0.05, 0) is 24.3 Å². The monoisotopic (exact) mass is 386 g/mol. The highest BCUT2D eigenvalue weighted by molar-refractivity contribution is 5.74. The average Bonchev–Trinajstić information content (AvgIpc) is 3.20. The van der Waals surface area contributed by atoms with E-state index in [9.17, 15) is 18.0 Å². The number of carbonyl (C=O) groups is 1. The molecule has 27 heavy (non-hydrogen) atoms. The summed E-state index contributed by atoms with van der Waals surface area (Å²) in [5, 5.41) is 2.83. The van der Waals surface area contributed by atoms with Crippen LogP contribution < -0.4 is 10.1 Å². The number of hydrogen-bond donors (Lipinski definition) is 1. The van der Waals surface area contributed by atoms with Crippen LogP contribution in [0.5, 0.6) is 5.75 Å². The molecule has 0 bridgehead atoms. The Kier molecular flexibility index (Phi) is 4.90. The minimum atomic E-state index is -2.70. The predicted octanol–water partition coefficient (Wildman–Crippen LogP) is 2.18. The maximum atomic E-state index is 13.2. The Hall–Kier alpha value is -2.00. The molecule has 0 unspecified atom stereocenters. The number of piperidine rings is 1. The number of benzene rings is 1. The molecule has 148 valence electrons. The number of fused-ring (bicyclic) bond motifs is 1. The van der Waals surface area contributed by atoms with Crippen LogP contribution in [0.15, 0.2) is 24.3 Å². The summed E-state index contributed by atoms with van der Waals surface area (Å²) in [6.45, 7) is 0.596. The fourth-order valence-electron chi connectivity index (χ4n) is 3.66. The van der Waals surface area contributed by atoms with Crippen molar-refractivity contribution in [2.75, 3.05) is 26.3 Å². The molecule has 1 aromatic rings. The van der Waals surface area contributed by atoms with Crippen molar-refractivity contribution in [3.8, 4) is 5.75 Å². The Morgan fingerprint density at radius 2 is 1.78 bits per heavy atom. The third kappa shape index (κ3) is 3.98. The first kappa shape index (κ1) is 18.4. The first-order valence-electron chi connectivity index (χ1n) is 9.00. The van der Waals surface area contributed by atoms with E-state index in [4.69, 9.17) is 14.2 Å². The Bertz CT molecular complexity index is 678. The van der Waals surface area contributed by atoms with E-state index in [-0.39, 0.29) is 75.3 Å². The second kappa shape index (κ2) is 7.20. The molecule has 2 amide bonds. The van der Waals surface area contributed by atoms with E-state index in [0.29, 0.717) is 5.75 Å². The van der Waals surface area contributed by atoms with E-state index in [1.165, 1.54) is 29.2 Å². The first-order valence-corrected chi connectivity index (χ1v) is 9.00. The number of nitrogens with zero attached hydrogens (tertiary/aromatic N) is 1. The molecular formula is C18H21F3N2O4. The lowest BCUT2D eigenvalue weighted by Crippen LogP contribution is -2.52. The van der Waals surface area contributed by atoms with Crippen molar-refractivity contribution in [3.05, 3.63) is 30.1 Å². The molecular weight excluding hydrogens is 365 g/mol. The minimum Gasteiger partial charge on any atom is -0.485 e. The van der Waals surface area contributed by atoms with Crippen LogP contribution in [-0.2, 0) is 9.47 Å². The summed E-state index contributed by atoms with van der Waals surface area (Å²) in [5.41, 5.74) is 0. The molecule has 1 aromatic carbocycles. The van der Waals surface area contributed by atoms with E-state index in [2.05, 4.69) is 5.32 Å². The summed E-state index contributed by atoms with van der Waals surface area (Å²) in [6.07, 6.45) is -1.73. The molecule has 3 aliphatic heterocycles. The SMILES string of the molecule is O=C(N[C@H]1CO[C@H]2[C@@H]1OC[C@@H]2Oc1ccc(F)cc1)N1CCC(F)(F)CC1. The van der Waals surface area contributed by atoms with E-state index >= 15 is 0 Å². The van der Waals surface area contributed by atoms with Gasteiger partial charge in [-0.1, -0.05) is 0 Å². The third-order valence-corrected chi connectivity index (χ3v) is 5.20. The van der Waals surface area contributed by atoms with Crippen molar-refractivity contribution in [3.63, 3.8) is 0 Å². The molecule has 0 aliphatic carbocycles. The Morgan fingerprint density at radius 1 is 1.11 bits per heavy atom. The first-order chi connectivity index (χ1) is 12.9. The van der Waals surface area contributed by atoms with Crippen LogP contribution >= 0.6 is 0 Å². The molecule has 0 aromatic heterocycles. The number of urea groups is 1. The second-order valence-electron chi connectivity index (χ2n) is 7.11. The molecule has 3 fully saturated rings. The van der Waals surface area contributed by atoms with Gasteiger partial charge >= 0.3 is 6.03 Å². The van der Waals surface area contributed by atoms with Gasteiger partial charge in [-0.3, -0.25) is 0 Å². The number of halogens is 3. The molecule has 3 saturated heterocycles. The zero-order valence-corrected chi connectivity index (χ0v) is 14.6. The number of alkyl halides is 2. The van der Waals surface area contributed by atoms with Crippen molar-refractivity contribution in [1.29, 1.82) is 0 Å². The van der Waals surface area contributed by atoms with Crippen LogP contribution in [0.1, 0.15) is 12.8 Å². The second-order valence-corrected chi connectivity index (χ2v) is 7.11. The summed E-state index contributed by atoms with van der Waals surface area (Å²) >= 11 is 0. The zero-order valence-electron chi connectivity index (χ0n) is 14.6. The maximum Gasteiger partial charge on any atom is 0.317 e. The van der Waals surface area contributed by atoms with Gasteiger partial charge in [-0.25, -0.2) is 18.0 Å². The molecule has 0 saturated carbocycles. The van der Waals surface area contributed by atoms with Crippen LogP contribution in [0.4, 0.5) is 18.0 Å². The topological polar surface area (TPSA) is 60.0 Å². The Morgan fingerprint density at radius 3 is 2.48 bits per heavy atom. The molecule has 3 aliphatic rings. The van der Waals surface area contributed by atoms with Gasteiger partial charge in [0.05, 0.1) is 19.3 Å². The normalized spacial score (nSPS) is 32.2. The molecule has 4 atom stereocenters. The van der Waals surface area contributed by atoms with Gasteiger partial charge in [0.2, 0.25) is 0 Å². The number of rotatable bonds is 3. The minimum absolute atomic E-state index is 0.0255. The van der Waals surface area contributed by atoms with Crippen molar-refractivity contribution in [1.82, 2.24) is 10.2 Å².